The Hall–Kier alpha value is -0.620. The van der Waals surface area contributed by atoms with E-state index >= 15 is 0 Å². The Morgan fingerprint density at radius 2 is 2.07 bits per heavy atom. The third-order valence-corrected chi connectivity index (χ3v) is 5.46. The Morgan fingerprint density at radius 3 is 2.40 bits per heavy atom. The highest BCUT2D eigenvalue weighted by molar-refractivity contribution is 7.89. The topological polar surface area (TPSA) is 74.7 Å². The molecule has 1 aliphatic carbocycles. The summed E-state index contributed by atoms with van der Waals surface area (Å²) < 4.78 is 24.6. The second-order valence-electron chi connectivity index (χ2n) is 4.47. The lowest BCUT2D eigenvalue weighted by atomic mass is 9.96. The van der Waals surface area contributed by atoms with Crippen molar-refractivity contribution in [2.75, 3.05) is 12.3 Å². The molecule has 15 heavy (non-hydrogen) atoms. The van der Waals surface area contributed by atoms with Crippen LogP contribution in [0, 0.1) is 5.92 Å². The summed E-state index contributed by atoms with van der Waals surface area (Å²) >= 11 is 0. The molecule has 2 rings (SSSR count). The largest absolute Gasteiger partial charge is 0.480 e. The highest BCUT2D eigenvalue weighted by Gasteiger charge is 2.56. The van der Waals surface area contributed by atoms with Crippen molar-refractivity contribution < 1.29 is 18.3 Å². The summed E-state index contributed by atoms with van der Waals surface area (Å²) in [6.07, 6.45) is 2.17. The molecule has 1 N–H and O–H groups in total. The fourth-order valence-corrected chi connectivity index (χ4v) is 4.22. The molecule has 86 valence electrons. The summed E-state index contributed by atoms with van der Waals surface area (Å²) in [5.41, 5.74) is -1.21. The van der Waals surface area contributed by atoms with Crippen molar-refractivity contribution in [1.82, 2.24) is 4.31 Å². The van der Waals surface area contributed by atoms with Gasteiger partial charge in [-0.25, -0.2) is 8.42 Å². The van der Waals surface area contributed by atoms with E-state index < -0.39 is 21.5 Å². The number of sulfonamides is 1. The van der Waals surface area contributed by atoms with E-state index in [0.717, 1.165) is 12.8 Å². The first kappa shape index (κ1) is 10.9. The highest BCUT2D eigenvalue weighted by Crippen LogP contribution is 2.45. The van der Waals surface area contributed by atoms with E-state index in [1.807, 2.05) is 0 Å². The van der Waals surface area contributed by atoms with Gasteiger partial charge in [0.15, 0.2) is 0 Å². The molecule has 0 aromatic carbocycles. The van der Waals surface area contributed by atoms with Crippen LogP contribution in [0.3, 0.4) is 0 Å². The fourth-order valence-electron chi connectivity index (χ4n) is 2.29. The molecule has 1 unspecified atom stereocenters. The molecule has 1 saturated carbocycles. The van der Waals surface area contributed by atoms with Crippen LogP contribution in [0.2, 0.25) is 0 Å². The standard InChI is InChI=1S/C9H15NO4S/c1-9(8(11)12,7-3-4-7)10-5-2-6-15(10,13)14/h7H,2-6H2,1H3,(H,11,12). The number of nitrogens with zero attached hydrogens (tertiary/aromatic N) is 1. The van der Waals surface area contributed by atoms with Crippen LogP contribution in [-0.4, -0.2) is 41.6 Å². The van der Waals surface area contributed by atoms with E-state index in [4.69, 9.17) is 0 Å². The number of hydrogen-bond acceptors (Lipinski definition) is 3. The molecule has 1 aliphatic heterocycles. The van der Waals surface area contributed by atoms with Crippen molar-refractivity contribution >= 4 is 16.0 Å². The fraction of sp³-hybridized carbons (Fsp3) is 0.889. The van der Waals surface area contributed by atoms with E-state index in [0.29, 0.717) is 13.0 Å². The van der Waals surface area contributed by atoms with Crippen LogP contribution < -0.4 is 0 Å². The van der Waals surface area contributed by atoms with Gasteiger partial charge in [-0.3, -0.25) is 4.79 Å². The predicted octanol–water partition coefficient (Wildman–Crippen LogP) is 0.275. The summed E-state index contributed by atoms with van der Waals surface area (Å²) in [6, 6.07) is 0. The molecule has 2 aliphatic rings. The Bertz CT molecular complexity index is 387. The summed E-state index contributed by atoms with van der Waals surface area (Å²) in [6.45, 7) is 1.89. The zero-order chi connectivity index (χ0) is 11.3. The number of carbonyl (C=O) groups is 1. The maximum Gasteiger partial charge on any atom is 0.325 e. The number of aliphatic carboxylic acids is 1. The lowest BCUT2D eigenvalue weighted by Crippen LogP contribution is -2.54. The van der Waals surface area contributed by atoms with Crippen molar-refractivity contribution in [2.24, 2.45) is 5.92 Å². The second-order valence-corrected chi connectivity index (χ2v) is 6.48. The monoisotopic (exact) mass is 233 g/mol. The van der Waals surface area contributed by atoms with E-state index in [1.54, 1.807) is 0 Å². The number of carboxylic acid groups (broad SMARTS) is 1. The smallest absolute Gasteiger partial charge is 0.325 e. The lowest BCUT2D eigenvalue weighted by Gasteiger charge is -2.33. The SMILES string of the molecule is CC(C(=O)O)(C1CC1)N1CCCS1(=O)=O. The van der Waals surface area contributed by atoms with Gasteiger partial charge in [-0.15, -0.1) is 0 Å². The van der Waals surface area contributed by atoms with Gasteiger partial charge in [0.25, 0.3) is 0 Å². The van der Waals surface area contributed by atoms with Crippen molar-refractivity contribution in [3.05, 3.63) is 0 Å². The van der Waals surface area contributed by atoms with E-state index in [9.17, 15) is 18.3 Å². The van der Waals surface area contributed by atoms with Gasteiger partial charge < -0.3 is 5.11 Å². The number of hydrogen-bond donors (Lipinski definition) is 1. The molecule has 6 heteroatoms. The van der Waals surface area contributed by atoms with Crippen LogP contribution in [0.5, 0.6) is 0 Å². The van der Waals surface area contributed by atoms with Gasteiger partial charge in [0.05, 0.1) is 5.75 Å². The first-order chi connectivity index (χ1) is 6.89. The molecule has 0 aromatic rings. The van der Waals surface area contributed by atoms with Crippen LogP contribution >= 0.6 is 0 Å². The Balaban J connectivity index is 2.37. The van der Waals surface area contributed by atoms with Gasteiger partial charge >= 0.3 is 5.97 Å². The van der Waals surface area contributed by atoms with Crippen LogP contribution in [0.4, 0.5) is 0 Å². The van der Waals surface area contributed by atoms with Gasteiger partial charge in [-0.2, -0.15) is 4.31 Å². The summed E-state index contributed by atoms with van der Waals surface area (Å²) in [5, 5.41) is 9.23. The molecule has 0 aromatic heterocycles. The summed E-state index contributed by atoms with van der Waals surface area (Å²) in [7, 11) is -3.34. The van der Waals surface area contributed by atoms with Crippen LogP contribution in [0.1, 0.15) is 26.2 Å². The Labute approximate surface area is 89.1 Å². The first-order valence-electron chi connectivity index (χ1n) is 5.13. The molecule has 0 amide bonds. The van der Waals surface area contributed by atoms with Crippen molar-refractivity contribution in [1.29, 1.82) is 0 Å². The zero-order valence-electron chi connectivity index (χ0n) is 8.64. The van der Waals surface area contributed by atoms with E-state index in [-0.39, 0.29) is 11.7 Å². The van der Waals surface area contributed by atoms with Gasteiger partial charge in [-0.05, 0) is 32.1 Å². The lowest BCUT2D eigenvalue weighted by molar-refractivity contribution is -0.148. The van der Waals surface area contributed by atoms with Gasteiger partial charge in [0.1, 0.15) is 5.54 Å². The summed E-state index contributed by atoms with van der Waals surface area (Å²) in [5.74, 6) is -0.943. The van der Waals surface area contributed by atoms with Crippen molar-refractivity contribution in [2.45, 2.75) is 31.7 Å². The minimum atomic E-state index is -3.34. The van der Waals surface area contributed by atoms with Gasteiger partial charge in [0, 0.05) is 6.54 Å². The number of rotatable bonds is 3. The highest BCUT2D eigenvalue weighted by atomic mass is 32.2. The molecule has 1 atom stereocenters. The Morgan fingerprint density at radius 1 is 1.47 bits per heavy atom. The number of carboxylic acids is 1. The molecule has 1 saturated heterocycles. The van der Waals surface area contributed by atoms with Crippen LogP contribution in [0.25, 0.3) is 0 Å². The third-order valence-electron chi connectivity index (χ3n) is 3.42. The van der Waals surface area contributed by atoms with Crippen LogP contribution in [-0.2, 0) is 14.8 Å². The van der Waals surface area contributed by atoms with Gasteiger partial charge in [0.2, 0.25) is 10.0 Å². The first-order valence-corrected chi connectivity index (χ1v) is 6.74. The maximum atomic E-state index is 11.7. The van der Waals surface area contributed by atoms with Crippen molar-refractivity contribution in [3.63, 3.8) is 0 Å². The molecule has 5 nitrogen and oxygen atoms in total. The molecule has 2 fully saturated rings. The second kappa shape index (κ2) is 3.18. The minimum absolute atomic E-state index is 0.0112. The maximum absolute atomic E-state index is 11.7. The normalized spacial score (nSPS) is 29.9. The third kappa shape index (κ3) is 1.56. The minimum Gasteiger partial charge on any atom is -0.480 e. The molecular formula is C9H15NO4S. The zero-order valence-corrected chi connectivity index (χ0v) is 9.46. The average Bonchev–Trinajstić information content (AvgIpc) is 2.89. The average molecular weight is 233 g/mol. The molecule has 1 heterocycles. The van der Waals surface area contributed by atoms with Crippen molar-refractivity contribution in [3.8, 4) is 0 Å². The molecular weight excluding hydrogens is 218 g/mol. The quantitative estimate of drug-likeness (QED) is 0.759. The van der Waals surface area contributed by atoms with E-state index in [2.05, 4.69) is 0 Å². The summed E-state index contributed by atoms with van der Waals surface area (Å²) in [4.78, 5) is 11.3. The predicted molar refractivity (Wildman–Crippen MR) is 53.9 cm³/mol. The molecule has 0 spiro atoms. The van der Waals surface area contributed by atoms with E-state index in [1.165, 1.54) is 11.2 Å². The Kier molecular flexibility index (Phi) is 2.31. The molecule has 0 bridgehead atoms. The van der Waals surface area contributed by atoms with Crippen LogP contribution in [0.15, 0.2) is 0 Å². The van der Waals surface area contributed by atoms with Gasteiger partial charge in [-0.1, -0.05) is 0 Å². The molecule has 0 radical (unpaired) electrons.